The van der Waals surface area contributed by atoms with E-state index in [0.717, 1.165) is 0 Å². The number of carbonyl (C=O) groups is 2. The third-order valence-corrected chi connectivity index (χ3v) is 3.50. The minimum Gasteiger partial charge on any atom is -0.478 e. The van der Waals surface area contributed by atoms with E-state index < -0.39 is 12.0 Å². The Hall–Kier alpha value is -2.37. The first-order chi connectivity index (χ1) is 9.88. The van der Waals surface area contributed by atoms with Gasteiger partial charge in [-0.3, -0.25) is 4.79 Å². The summed E-state index contributed by atoms with van der Waals surface area (Å²) in [4.78, 5) is 28.0. The van der Waals surface area contributed by atoms with Crippen LogP contribution in [-0.4, -0.2) is 33.6 Å². The lowest BCUT2D eigenvalue weighted by Crippen LogP contribution is -2.29. The van der Waals surface area contributed by atoms with Crippen molar-refractivity contribution >= 4 is 22.9 Å². The maximum Gasteiger partial charge on any atom is 0.337 e. The van der Waals surface area contributed by atoms with Crippen LogP contribution in [0.5, 0.6) is 0 Å². The highest BCUT2D eigenvalue weighted by atomic mass is 16.4. The number of likely N-dealkylation sites (N-methyl/N-ethyl adjacent to an activating group) is 1. The highest BCUT2D eigenvalue weighted by Crippen LogP contribution is 2.28. The number of para-hydroxylation sites is 1. The van der Waals surface area contributed by atoms with Crippen molar-refractivity contribution < 1.29 is 14.7 Å². The second-order valence-electron chi connectivity index (χ2n) is 5.26. The molecule has 2 aromatic rings. The van der Waals surface area contributed by atoms with Gasteiger partial charge in [-0.15, -0.1) is 0 Å². The van der Waals surface area contributed by atoms with Gasteiger partial charge in [0, 0.05) is 13.0 Å². The lowest BCUT2D eigenvalue weighted by molar-refractivity contribution is -0.123. The molecule has 0 fully saturated rings. The Labute approximate surface area is 122 Å². The van der Waals surface area contributed by atoms with Crippen molar-refractivity contribution in [2.24, 2.45) is 0 Å². The van der Waals surface area contributed by atoms with E-state index in [-0.39, 0.29) is 17.4 Å². The van der Waals surface area contributed by atoms with Gasteiger partial charge in [-0.25, -0.2) is 9.78 Å². The quantitative estimate of drug-likeness (QED) is 0.903. The van der Waals surface area contributed by atoms with Gasteiger partial charge in [-0.2, -0.15) is 0 Å². The molecule has 2 N–H and O–H groups in total. The minimum absolute atomic E-state index is 0.0751. The van der Waals surface area contributed by atoms with Crippen molar-refractivity contribution in [2.45, 2.75) is 32.7 Å². The smallest absolute Gasteiger partial charge is 0.337 e. The molecule has 6 nitrogen and oxygen atoms in total. The Kier molecular flexibility index (Phi) is 3.97. The van der Waals surface area contributed by atoms with E-state index in [2.05, 4.69) is 10.3 Å². The minimum atomic E-state index is -1.03. The maximum atomic E-state index is 12.0. The molecule has 2 rings (SSSR count). The first kappa shape index (κ1) is 15.0. The summed E-state index contributed by atoms with van der Waals surface area (Å²) in [5, 5.41) is 12.0. The summed E-state index contributed by atoms with van der Waals surface area (Å²) in [6, 6.07) is 4.43. The van der Waals surface area contributed by atoms with Crippen molar-refractivity contribution in [3.63, 3.8) is 0 Å². The number of carboxylic acids is 1. The Morgan fingerprint density at radius 3 is 2.48 bits per heavy atom. The van der Waals surface area contributed by atoms with Crippen LogP contribution in [0.4, 0.5) is 0 Å². The predicted octanol–water partition coefficient (Wildman–Crippen LogP) is 2.16. The highest BCUT2D eigenvalue weighted by molar-refractivity contribution is 6.02. The van der Waals surface area contributed by atoms with Crippen LogP contribution in [0.2, 0.25) is 0 Å². The van der Waals surface area contributed by atoms with Crippen LogP contribution >= 0.6 is 0 Å². The average molecular weight is 289 g/mol. The zero-order chi connectivity index (χ0) is 15.7. The van der Waals surface area contributed by atoms with Crippen LogP contribution in [0.15, 0.2) is 18.2 Å². The van der Waals surface area contributed by atoms with Gasteiger partial charge in [0.15, 0.2) is 0 Å². The highest BCUT2D eigenvalue weighted by Gasteiger charge is 2.25. The molecule has 112 valence electrons. The van der Waals surface area contributed by atoms with Gasteiger partial charge in [0.05, 0.1) is 16.6 Å². The molecule has 1 aromatic heterocycles. The zero-order valence-corrected chi connectivity index (χ0v) is 12.5. The molecule has 0 radical (unpaired) electrons. The number of imidazole rings is 1. The van der Waals surface area contributed by atoms with Crippen molar-refractivity contribution in [1.82, 2.24) is 14.9 Å². The number of rotatable bonds is 4. The number of fused-ring (bicyclic) bond motifs is 1. The van der Waals surface area contributed by atoms with Gasteiger partial charge in [-0.1, -0.05) is 19.9 Å². The molecule has 1 amide bonds. The van der Waals surface area contributed by atoms with Crippen LogP contribution in [0.25, 0.3) is 11.0 Å². The molecule has 0 aliphatic rings. The summed E-state index contributed by atoms with van der Waals surface area (Å²) in [7, 11) is 1.56. The van der Waals surface area contributed by atoms with Crippen LogP contribution in [0.3, 0.4) is 0 Å². The topological polar surface area (TPSA) is 84.2 Å². The molecule has 6 heteroatoms. The molecule has 0 aliphatic carbocycles. The number of amides is 1. The Balaban J connectivity index is 2.83. The first-order valence-electron chi connectivity index (χ1n) is 6.84. The van der Waals surface area contributed by atoms with Gasteiger partial charge >= 0.3 is 5.97 Å². The SMILES string of the molecule is CNC(=O)C(C)n1c(C(C)C)nc2cccc(C(=O)O)c21. The molecule has 0 bridgehead atoms. The van der Waals surface area contributed by atoms with E-state index in [4.69, 9.17) is 0 Å². The van der Waals surface area contributed by atoms with Crippen molar-refractivity contribution in [3.8, 4) is 0 Å². The molecule has 21 heavy (non-hydrogen) atoms. The Bertz CT molecular complexity index is 703. The second-order valence-corrected chi connectivity index (χ2v) is 5.26. The summed E-state index contributed by atoms with van der Waals surface area (Å²) >= 11 is 0. The van der Waals surface area contributed by atoms with E-state index in [1.165, 1.54) is 6.07 Å². The number of carboxylic acid groups (broad SMARTS) is 1. The maximum absolute atomic E-state index is 12.0. The van der Waals surface area contributed by atoms with Crippen LogP contribution in [0.1, 0.15) is 48.9 Å². The summed E-state index contributed by atoms with van der Waals surface area (Å²) in [6.45, 7) is 5.67. The van der Waals surface area contributed by atoms with Crippen LogP contribution in [0, 0.1) is 0 Å². The average Bonchev–Trinajstić information content (AvgIpc) is 2.84. The monoisotopic (exact) mass is 289 g/mol. The summed E-state index contributed by atoms with van der Waals surface area (Å²) in [5.74, 6) is -0.432. The molecule has 1 atom stereocenters. The fraction of sp³-hybridized carbons (Fsp3) is 0.400. The molecule has 0 spiro atoms. The van der Waals surface area contributed by atoms with Gasteiger partial charge in [0.25, 0.3) is 0 Å². The lowest BCUT2D eigenvalue weighted by atomic mass is 10.1. The largest absolute Gasteiger partial charge is 0.478 e. The van der Waals surface area contributed by atoms with Crippen LogP contribution < -0.4 is 5.32 Å². The summed E-state index contributed by atoms with van der Waals surface area (Å²) in [5.41, 5.74) is 1.24. The van der Waals surface area contributed by atoms with E-state index in [0.29, 0.717) is 16.9 Å². The molecule has 1 aromatic carbocycles. The fourth-order valence-corrected chi connectivity index (χ4v) is 2.46. The standard InChI is InChI=1S/C15H19N3O3/c1-8(2)13-17-11-7-5-6-10(15(20)21)12(11)18(13)9(3)14(19)16-4/h5-9H,1-4H3,(H,16,19)(H,20,21). The lowest BCUT2D eigenvalue weighted by Gasteiger charge is -2.18. The molecule has 0 saturated carbocycles. The number of carbonyl (C=O) groups excluding carboxylic acids is 1. The van der Waals surface area contributed by atoms with Gasteiger partial charge in [0.2, 0.25) is 5.91 Å². The summed E-state index contributed by atoms with van der Waals surface area (Å²) in [6.07, 6.45) is 0. The van der Waals surface area contributed by atoms with E-state index in [1.54, 1.807) is 30.7 Å². The third-order valence-electron chi connectivity index (χ3n) is 3.50. The number of nitrogens with one attached hydrogen (secondary N) is 1. The molecular weight excluding hydrogens is 270 g/mol. The van der Waals surface area contributed by atoms with Gasteiger partial charge in [-0.05, 0) is 19.1 Å². The Morgan fingerprint density at radius 1 is 1.29 bits per heavy atom. The van der Waals surface area contributed by atoms with Crippen molar-refractivity contribution in [3.05, 3.63) is 29.6 Å². The van der Waals surface area contributed by atoms with E-state index in [1.807, 2.05) is 13.8 Å². The molecule has 0 aliphatic heterocycles. The number of hydrogen-bond donors (Lipinski definition) is 2. The summed E-state index contributed by atoms with van der Waals surface area (Å²) < 4.78 is 1.72. The predicted molar refractivity (Wildman–Crippen MR) is 79.6 cm³/mol. The number of hydrogen-bond acceptors (Lipinski definition) is 3. The Morgan fingerprint density at radius 2 is 1.95 bits per heavy atom. The molecule has 0 saturated heterocycles. The first-order valence-corrected chi connectivity index (χ1v) is 6.84. The van der Waals surface area contributed by atoms with Gasteiger partial charge in [0.1, 0.15) is 11.9 Å². The molecule has 1 unspecified atom stereocenters. The number of nitrogens with zero attached hydrogens (tertiary/aromatic N) is 2. The second kappa shape index (κ2) is 5.55. The molecule has 1 heterocycles. The number of aromatic carboxylic acids is 1. The van der Waals surface area contributed by atoms with E-state index in [9.17, 15) is 14.7 Å². The van der Waals surface area contributed by atoms with Crippen molar-refractivity contribution in [1.29, 1.82) is 0 Å². The van der Waals surface area contributed by atoms with Crippen LogP contribution in [-0.2, 0) is 4.79 Å². The van der Waals surface area contributed by atoms with E-state index >= 15 is 0 Å². The number of aromatic nitrogens is 2. The zero-order valence-electron chi connectivity index (χ0n) is 12.5. The fourth-order valence-electron chi connectivity index (χ4n) is 2.46. The normalized spacial score (nSPS) is 12.6. The molecular formula is C15H19N3O3. The van der Waals surface area contributed by atoms with Gasteiger partial charge < -0.3 is 15.0 Å². The van der Waals surface area contributed by atoms with Crippen molar-refractivity contribution in [2.75, 3.05) is 7.05 Å². The number of benzene rings is 1. The third kappa shape index (κ3) is 2.49.